The number of halogens is 1. The number of hydrazone groups is 1. The Balaban J connectivity index is 1.28. The van der Waals surface area contributed by atoms with Crippen LogP contribution in [-0.2, 0) is 0 Å². The minimum Gasteiger partial charge on any atom is -0.464 e. The molecule has 2 atom stereocenters. The minimum absolute atomic E-state index is 0.0811. The fourth-order valence-electron chi connectivity index (χ4n) is 4.63. The van der Waals surface area contributed by atoms with Crippen LogP contribution in [0.25, 0.3) is 0 Å². The maximum atomic E-state index is 12.5. The van der Waals surface area contributed by atoms with E-state index >= 15 is 0 Å². The number of aryl methyl sites for hydroxylation is 1. The number of ether oxygens (including phenoxy) is 2. The second kappa shape index (κ2) is 9.28. The average Bonchev–Trinajstić information content (AvgIpc) is 3.35. The molecule has 5 nitrogen and oxygen atoms in total. The molecule has 36 heavy (non-hydrogen) atoms. The SMILES string of the molecule is Cc1ccc(C(=O)Oc2ccc([C@@H]3Oc4ccccc4[C@@H]4CC(c5ccc(Br)cc5)=NN43)cc2)cc1. The summed E-state index contributed by atoms with van der Waals surface area (Å²) in [6.07, 6.45) is 0.407. The highest BCUT2D eigenvalue weighted by atomic mass is 79.9. The van der Waals surface area contributed by atoms with Crippen LogP contribution in [0.3, 0.4) is 0 Å². The van der Waals surface area contributed by atoms with E-state index in [0.29, 0.717) is 11.3 Å². The molecule has 0 aromatic heterocycles. The average molecular weight is 539 g/mol. The summed E-state index contributed by atoms with van der Waals surface area (Å²) in [6, 6.07) is 31.3. The number of fused-ring (bicyclic) bond motifs is 3. The van der Waals surface area contributed by atoms with Gasteiger partial charge in [-0.3, -0.25) is 0 Å². The van der Waals surface area contributed by atoms with Crippen molar-refractivity contribution < 1.29 is 14.3 Å². The van der Waals surface area contributed by atoms with Crippen molar-refractivity contribution in [2.24, 2.45) is 5.10 Å². The number of para-hydroxylation sites is 1. The molecule has 0 unspecified atom stereocenters. The van der Waals surface area contributed by atoms with E-state index in [1.165, 1.54) is 0 Å². The molecule has 4 aromatic rings. The fraction of sp³-hybridized carbons (Fsp3) is 0.133. The molecule has 2 heterocycles. The van der Waals surface area contributed by atoms with E-state index < -0.39 is 0 Å². The van der Waals surface area contributed by atoms with Gasteiger partial charge in [0, 0.05) is 22.0 Å². The van der Waals surface area contributed by atoms with Gasteiger partial charge in [-0.05, 0) is 67.1 Å². The van der Waals surface area contributed by atoms with E-state index in [2.05, 4.69) is 34.1 Å². The molecule has 6 rings (SSSR count). The maximum absolute atomic E-state index is 12.5. The Morgan fingerprint density at radius 2 is 1.67 bits per heavy atom. The van der Waals surface area contributed by atoms with E-state index in [1.54, 1.807) is 24.3 Å². The standard InChI is InChI=1S/C30H23BrN2O3/c1-19-6-8-22(9-7-19)30(34)35-24-16-12-21(13-17-24)29-33-27(25-4-2-3-5-28(25)36-29)18-26(32-33)20-10-14-23(31)15-11-20/h2-17,27,29H,18H2,1H3/t27-,29-/m0/s1. The normalized spacial score (nSPS) is 18.1. The number of carbonyl (C=O) groups excluding carboxylic acids is 1. The molecule has 0 N–H and O–H groups in total. The molecule has 6 heteroatoms. The maximum Gasteiger partial charge on any atom is 0.343 e. The second-order valence-electron chi connectivity index (χ2n) is 8.99. The van der Waals surface area contributed by atoms with Gasteiger partial charge >= 0.3 is 5.97 Å². The van der Waals surface area contributed by atoms with Gasteiger partial charge in [0.25, 0.3) is 0 Å². The van der Waals surface area contributed by atoms with Gasteiger partial charge in [-0.15, -0.1) is 0 Å². The fourth-order valence-corrected chi connectivity index (χ4v) is 4.89. The summed E-state index contributed by atoms with van der Waals surface area (Å²) in [5.74, 6) is 0.970. The summed E-state index contributed by atoms with van der Waals surface area (Å²) in [5, 5.41) is 7.06. The third-order valence-electron chi connectivity index (χ3n) is 6.54. The zero-order chi connectivity index (χ0) is 24.6. The van der Waals surface area contributed by atoms with Crippen LogP contribution in [-0.4, -0.2) is 16.7 Å². The quantitative estimate of drug-likeness (QED) is 0.203. The number of benzene rings is 4. The first-order valence-electron chi connectivity index (χ1n) is 11.8. The molecule has 0 saturated heterocycles. The van der Waals surface area contributed by atoms with Crippen LogP contribution >= 0.6 is 15.9 Å². The van der Waals surface area contributed by atoms with Crippen molar-refractivity contribution in [3.63, 3.8) is 0 Å². The van der Waals surface area contributed by atoms with Gasteiger partial charge in [0.2, 0.25) is 6.23 Å². The Morgan fingerprint density at radius 1 is 0.944 bits per heavy atom. The van der Waals surface area contributed by atoms with Crippen molar-refractivity contribution >= 4 is 27.6 Å². The number of rotatable bonds is 4. The van der Waals surface area contributed by atoms with Gasteiger partial charge in [0.1, 0.15) is 11.5 Å². The number of hydrogen-bond donors (Lipinski definition) is 0. The van der Waals surface area contributed by atoms with Crippen molar-refractivity contribution in [1.29, 1.82) is 0 Å². The molecule has 0 radical (unpaired) electrons. The lowest BCUT2D eigenvalue weighted by molar-refractivity contribution is -0.0190. The molecular formula is C30H23BrN2O3. The van der Waals surface area contributed by atoms with Crippen molar-refractivity contribution in [3.8, 4) is 11.5 Å². The number of carbonyl (C=O) groups is 1. The predicted molar refractivity (Wildman–Crippen MR) is 142 cm³/mol. The van der Waals surface area contributed by atoms with E-state index in [1.807, 2.05) is 66.5 Å². The van der Waals surface area contributed by atoms with E-state index in [0.717, 1.165) is 44.6 Å². The van der Waals surface area contributed by atoms with Gasteiger partial charge < -0.3 is 9.47 Å². The first-order chi connectivity index (χ1) is 17.5. The van der Waals surface area contributed by atoms with Crippen LogP contribution in [0, 0.1) is 6.92 Å². The largest absolute Gasteiger partial charge is 0.464 e. The first-order valence-corrected chi connectivity index (χ1v) is 12.6. The van der Waals surface area contributed by atoms with Crippen molar-refractivity contribution in [2.45, 2.75) is 25.6 Å². The lowest BCUT2D eigenvalue weighted by Crippen LogP contribution is -2.33. The summed E-state index contributed by atoms with van der Waals surface area (Å²) in [7, 11) is 0. The third-order valence-corrected chi connectivity index (χ3v) is 7.07. The smallest absolute Gasteiger partial charge is 0.343 e. The van der Waals surface area contributed by atoms with E-state index in [9.17, 15) is 4.79 Å². The molecule has 0 amide bonds. The topological polar surface area (TPSA) is 51.1 Å². The van der Waals surface area contributed by atoms with Crippen LogP contribution in [0.5, 0.6) is 11.5 Å². The molecule has 4 aromatic carbocycles. The van der Waals surface area contributed by atoms with Crippen molar-refractivity contribution in [1.82, 2.24) is 5.01 Å². The van der Waals surface area contributed by atoms with E-state index in [-0.39, 0.29) is 18.2 Å². The summed E-state index contributed by atoms with van der Waals surface area (Å²) >= 11 is 3.51. The molecular weight excluding hydrogens is 516 g/mol. The van der Waals surface area contributed by atoms with Crippen LogP contribution in [0.4, 0.5) is 0 Å². The number of hydrogen-bond acceptors (Lipinski definition) is 5. The Hall–Kier alpha value is -3.90. The van der Waals surface area contributed by atoms with Crippen LogP contribution in [0.15, 0.2) is 107 Å². The molecule has 2 aliphatic rings. The first kappa shape index (κ1) is 22.6. The highest BCUT2D eigenvalue weighted by Gasteiger charge is 2.40. The number of nitrogens with zero attached hydrogens (tertiary/aromatic N) is 2. The molecule has 2 aliphatic heterocycles. The van der Waals surface area contributed by atoms with Gasteiger partial charge in [0.15, 0.2) is 0 Å². The Bertz CT molecular complexity index is 1450. The summed E-state index contributed by atoms with van der Waals surface area (Å²) < 4.78 is 13.1. The van der Waals surface area contributed by atoms with Gasteiger partial charge in [-0.1, -0.05) is 64.0 Å². The molecule has 0 fully saturated rings. The minimum atomic E-state index is -0.389. The molecule has 0 aliphatic carbocycles. The highest BCUT2D eigenvalue weighted by molar-refractivity contribution is 9.10. The molecule has 178 valence electrons. The Kier molecular flexibility index (Phi) is 5.82. The lowest BCUT2D eigenvalue weighted by Gasteiger charge is -2.38. The van der Waals surface area contributed by atoms with Gasteiger partial charge in [0.05, 0.1) is 17.3 Å². The monoisotopic (exact) mass is 538 g/mol. The second-order valence-corrected chi connectivity index (χ2v) is 9.90. The van der Waals surface area contributed by atoms with Gasteiger partial charge in [-0.25, -0.2) is 9.80 Å². The highest BCUT2D eigenvalue weighted by Crippen LogP contribution is 2.47. The molecule has 0 saturated carbocycles. The zero-order valence-corrected chi connectivity index (χ0v) is 21.2. The summed E-state index contributed by atoms with van der Waals surface area (Å²) in [5.41, 5.74) is 5.81. The van der Waals surface area contributed by atoms with Crippen LogP contribution in [0.1, 0.15) is 51.3 Å². The van der Waals surface area contributed by atoms with Crippen molar-refractivity contribution in [3.05, 3.63) is 129 Å². The molecule has 0 bridgehead atoms. The Labute approximate surface area is 218 Å². The van der Waals surface area contributed by atoms with Crippen molar-refractivity contribution in [2.75, 3.05) is 0 Å². The lowest BCUT2D eigenvalue weighted by atomic mass is 9.96. The van der Waals surface area contributed by atoms with E-state index in [4.69, 9.17) is 14.6 Å². The summed E-state index contributed by atoms with van der Waals surface area (Å²) in [4.78, 5) is 12.5. The molecule has 0 spiro atoms. The Morgan fingerprint density at radius 3 is 2.42 bits per heavy atom. The zero-order valence-electron chi connectivity index (χ0n) is 19.6. The summed E-state index contributed by atoms with van der Waals surface area (Å²) in [6.45, 7) is 1.98. The predicted octanol–water partition coefficient (Wildman–Crippen LogP) is 7.22. The van der Waals surface area contributed by atoms with Crippen LogP contribution in [0.2, 0.25) is 0 Å². The third kappa shape index (κ3) is 4.29. The van der Waals surface area contributed by atoms with Crippen LogP contribution < -0.4 is 9.47 Å². The van der Waals surface area contributed by atoms with Gasteiger partial charge in [-0.2, -0.15) is 5.10 Å². The number of esters is 1.